The van der Waals surface area contributed by atoms with Crippen molar-refractivity contribution in [1.82, 2.24) is 20.1 Å². The van der Waals surface area contributed by atoms with Gasteiger partial charge < -0.3 is 9.88 Å². The molecule has 0 spiro atoms. The van der Waals surface area contributed by atoms with E-state index < -0.39 is 0 Å². The topological polar surface area (TPSA) is 44.8 Å². The molecular formula is C26H22N4. The number of benzene rings is 3. The number of para-hydroxylation sites is 1. The van der Waals surface area contributed by atoms with Crippen LogP contribution in [-0.4, -0.2) is 33.7 Å². The summed E-state index contributed by atoms with van der Waals surface area (Å²) in [6.45, 7) is 1.95. The summed E-state index contributed by atoms with van der Waals surface area (Å²) in [4.78, 5) is 6.04. The van der Waals surface area contributed by atoms with Crippen molar-refractivity contribution in [1.29, 1.82) is 0 Å². The molecule has 6 rings (SSSR count). The van der Waals surface area contributed by atoms with Gasteiger partial charge in [-0.3, -0.25) is 0 Å². The maximum Gasteiger partial charge on any atom is 0.0936 e. The average Bonchev–Trinajstić information content (AvgIpc) is 3.22. The first-order valence-corrected chi connectivity index (χ1v) is 10.4. The first kappa shape index (κ1) is 17.4. The number of hydrogen-bond donors (Lipinski definition) is 1. The van der Waals surface area contributed by atoms with Crippen molar-refractivity contribution in [3.63, 3.8) is 0 Å². The highest BCUT2D eigenvalue weighted by Gasteiger charge is 2.26. The Morgan fingerprint density at radius 2 is 1.70 bits per heavy atom. The fourth-order valence-corrected chi connectivity index (χ4v) is 4.68. The molecule has 3 aromatic carbocycles. The van der Waals surface area contributed by atoms with E-state index in [1.165, 1.54) is 27.7 Å². The van der Waals surface area contributed by atoms with Crippen LogP contribution in [0.25, 0.3) is 33.1 Å². The number of fused-ring (bicyclic) bond motifs is 3. The quantitative estimate of drug-likeness (QED) is 0.442. The largest absolute Gasteiger partial charge is 0.358 e. The monoisotopic (exact) mass is 390 g/mol. The van der Waals surface area contributed by atoms with E-state index in [1.54, 1.807) is 0 Å². The predicted octanol–water partition coefficient (Wildman–Crippen LogP) is 5.36. The molecule has 30 heavy (non-hydrogen) atoms. The molecule has 3 heterocycles. The molecular weight excluding hydrogens is 368 g/mol. The van der Waals surface area contributed by atoms with Gasteiger partial charge in [-0.2, -0.15) is 0 Å². The van der Waals surface area contributed by atoms with Gasteiger partial charge in [-0.1, -0.05) is 48.5 Å². The minimum absolute atomic E-state index is 0.336. The van der Waals surface area contributed by atoms with Crippen LogP contribution >= 0.6 is 0 Å². The van der Waals surface area contributed by atoms with E-state index in [0.29, 0.717) is 5.92 Å². The summed E-state index contributed by atoms with van der Waals surface area (Å²) >= 11 is 0. The first-order chi connectivity index (χ1) is 14.7. The van der Waals surface area contributed by atoms with Gasteiger partial charge in [0.1, 0.15) is 0 Å². The van der Waals surface area contributed by atoms with Gasteiger partial charge in [-0.25, -0.2) is 0 Å². The average molecular weight is 390 g/mol. The second kappa shape index (κ2) is 6.78. The predicted molar refractivity (Wildman–Crippen MR) is 121 cm³/mol. The molecule has 1 aliphatic rings. The lowest BCUT2D eigenvalue weighted by atomic mass is 9.86. The number of nitrogens with zero attached hydrogens (tertiary/aromatic N) is 3. The highest BCUT2D eigenvalue weighted by molar-refractivity contribution is 5.82. The molecule has 146 valence electrons. The molecule has 0 fully saturated rings. The number of rotatable bonds is 2. The number of likely N-dealkylation sites (N-methyl/N-ethyl adjacent to an activating group) is 1. The Labute approximate surface area is 175 Å². The Kier molecular flexibility index (Phi) is 3.93. The van der Waals surface area contributed by atoms with Crippen molar-refractivity contribution in [3.05, 3.63) is 95.7 Å². The summed E-state index contributed by atoms with van der Waals surface area (Å²) in [6.07, 6.45) is 0. The zero-order chi connectivity index (χ0) is 20.1. The fourth-order valence-electron chi connectivity index (χ4n) is 4.68. The Morgan fingerprint density at radius 3 is 2.60 bits per heavy atom. The summed E-state index contributed by atoms with van der Waals surface area (Å²) in [7, 11) is 2.20. The Hall–Kier alpha value is -3.50. The van der Waals surface area contributed by atoms with Gasteiger partial charge in [0.15, 0.2) is 0 Å². The van der Waals surface area contributed by atoms with Crippen molar-refractivity contribution in [2.45, 2.75) is 12.5 Å². The number of hydrogen-bond acceptors (Lipinski definition) is 3. The SMILES string of the molecule is CN1Cc2cc(-c3cc4ccccc4nn3)ccc2C(c2cc3ccccc3[nH]2)C1. The van der Waals surface area contributed by atoms with Gasteiger partial charge in [0.05, 0.1) is 11.2 Å². The van der Waals surface area contributed by atoms with Crippen LogP contribution in [0, 0.1) is 0 Å². The molecule has 0 aliphatic carbocycles. The molecule has 0 bridgehead atoms. The lowest BCUT2D eigenvalue weighted by Gasteiger charge is -2.32. The normalized spacial score (nSPS) is 16.8. The van der Waals surface area contributed by atoms with Gasteiger partial charge in [0.2, 0.25) is 0 Å². The minimum Gasteiger partial charge on any atom is -0.358 e. The Bertz CT molecular complexity index is 1350. The van der Waals surface area contributed by atoms with Crippen LogP contribution in [0.15, 0.2) is 78.9 Å². The van der Waals surface area contributed by atoms with Crippen molar-refractivity contribution < 1.29 is 0 Å². The highest BCUT2D eigenvalue weighted by Crippen LogP contribution is 2.36. The number of aromatic nitrogens is 3. The third kappa shape index (κ3) is 2.88. The summed E-state index contributed by atoms with van der Waals surface area (Å²) in [5.41, 5.74) is 8.21. The van der Waals surface area contributed by atoms with E-state index in [4.69, 9.17) is 0 Å². The summed E-state index contributed by atoms with van der Waals surface area (Å²) in [6, 6.07) is 27.8. The van der Waals surface area contributed by atoms with E-state index in [9.17, 15) is 0 Å². The molecule has 0 saturated heterocycles. The fraction of sp³-hybridized carbons (Fsp3) is 0.154. The van der Waals surface area contributed by atoms with Gasteiger partial charge in [0, 0.05) is 41.2 Å². The molecule has 4 heteroatoms. The third-order valence-corrected chi connectivity index (χ3v) is 6.17. The molecule has 1 atom stereocenters. The van der Waals surface area contributed by atoms with Gasteiger partial charge in [0.25, 0.3) is 0 Å². The molecule has 1 N–H and O–H groups in total. The molecule has 5 aromatic rings. The zero-order valence-corrected chi connectivity index (χ0v) is 16.8. The van der Waals surface area contributed by atoms with Crippen LogP contribution in [-0.2, 0) is 6.54 Å². The van der Waals surface area contributed by atoms with Crippen LogP contribution in [0.5, 0.6) is 0 Å². The van der Waals surface area contributed by atoms with Crippen LogP contribution < -0.4 is 0 Å². The highest BCUT2D eigenvalue weighted by atomic mass is 15.1. The molecule has 0 radical (unpaired) electrons. The molecule has 1 aliphatic heterocycles. The van der Waals surface area contributed by atoms with Gasteiger partial charge in [-0.05, 0) is 53.9 Å². The minimum atomic E-state index is 0.336. The van der Waals surface area contributed by atoms with Gasteiger partial charge >= 0.3 is 0 Å². The number of nitrogens with one attached hydrogen (secondary N) is 1. The lowest BCUT2D eigenvalue weighted by Crippen LogP contribution is -2.31. The van der Waals surface area contributed by atoms with E-state index in [0.717, 1.165) is 35.2 Å². The van der Waals surface area contributed by atoms with E-state index in [2.05, 4.69) is 87.8 Å². The first-order valence-electron chi connectivity index (χ1n) is 10.4. The summed E-state index contributed by atoms with van der Waals surface area (Å²) < 4.78 is 0. The second-order valence-electron chi connectivity index (χ2n) is 8.26. The number of H-pyrrole nitrogens is 1. The Balaban J connectivity index is 1.43. The van der Waals surface area contributed by atoms with Crippen molar-refractivity contribution >= 4 is 21.8 Å². The molecule has 0 amide bonds. The van der Waals surface area contributed by atoms with E-state index in [-0.39, 0.29) is 0 Å². The molecule has 2 aromatic heterocycles. The second-order valence-corrected chi connectivity index (χ2v) is 8.26. The number of aromatic amines is 1. The van der Waals surface area contributed by atoms with E-state index in [1.807, 2.05) is 18.2 Å². The summed E-state index contributed by atoms with van der Waals surface area (Å²) in [5, 5.41) is 11.3. The van der Waals surface area contributed by atoms with Crippen LogP contribution in [0.4, 0.5) is 0 Å². The summed E-state index contributed by atoms with van der Waals surface area (Å²) in [5.74, 6) is 0.336. The zero-order valence-electron chi connectivity index (χ0n) is 16.8. The lowest BCUT2D eigenvalue weighted by molar-refractivity contribution is 0.294. The van der Waals surface area contributed by atoms with Crippen LogP contribution in [0.3, 0.4) is 0 Å². The standard InChI is InChI=1S/C26H22N4/c1-30-15-20-12-19(25-13-18-7-3-5-9-24(18)28-29-25)10-11-21(20)22(16-30)26-14-17-6-2-4-8-23(17)27-26/h2-14,22,27H,15-16H2,1H3. The van der Waals surface area contributed by atoms with Crippen molar-refractivity contribution in [3.8, 4) is 11.3 Å². The third-order valence-electron chi connectivity index (χ3n) is 6.17. The molecule has 1 unspecified atom stereocenters. The smallest absolute Gasteiger partial charge is 0.0936 e. The van der Waals surface area contributed by atoms with Crippen LogP contribution in [0.2, 0.25) is 0 Å². The molecule has 4 nitrogen and oxygen atoms in total. The maximum absolute atomic E-state index is 4.48. The van der Waals surface area contributed by atoms with Crippen molar-refractivity contribution in [2.75, 3.05) is 13.6 Å². The van der Waals surface area contributed by atoms with Crippen molar-refractivity contribution in [2.24, 2.45) is 0 Å². The maximum atomic E-state index is 4.48. The molecule has 0 saturated carbocycles. The van der Waals surface area contributed by atoms with Crippen LogP contribution in [0.1, 0.15) is 22.7 Å². The Morgan fingerprint density at radius 1 is 0.867 bits per heavy atom. The van der Waals surface area contributed by atoms with Gasteiger partial charge in [-0.15, -0.1) is 10.2 Å². The van der Waals surface area contributed by atoms with E-state index >= 15 is 0 Å².